The molecule has 0 bridgehead atoms. The molecule has 0 aromatic carbocycles. The molecule has 0 spiro atoms. The molecule has 64 valence electrons. The van der Waals surface area contributed by atoms with Crippen LogP contribution in [-0.4, -0.2) is 15.8 Å². The van der Waals surface area contributed by atoms with Gasteiger partial charge in [0.15, 0.2) is 5.82 Å². The molecular formula is C9H13N3. The first-order chi connectivity index (χ1) is 5.66. The Morgan fingerprint density at radius 2 is 2.42 bits per heavy atom. The molecule has 12 heavy (non-hydrogen) atoms. The largest absolute Gasteiger partial charge is 0.318 e. The van der Waals surface area contributed by atoms with Gasteiger partial charge in [-0.2, -0.15) is 0 Å². The minimum Gasteiger partial charge on any atom is -0.318 e. The molecule has 1 aromatic heterocycles. The van der Waals surface area contributed by atoms with Gasteiger partial charge in [-0.15, -0.1) is 0 Å². The van der Waals surface area contributed by atoms with Gasteiger partial charge in [-0.05, 0) is 19.4 Å². The van der Waals surface area contributed by atoms with Gasteiger partial charge < -0.3 is 4.57 Å². The lowest BCUT2D eigenvalue weighted by Crippen LogP contribution is -1.84. The van der Waals surface area contributed by atoms with Crippen LogP contribution in [-0.2, 0) is 7.05 Å². The van der Waals surface area contributed by atoms with Crippen molar-refractivity contribution in [3.63, 3.8) is 0 Å². The molecule has 3 nitrogen and oxygen atoms in total. The summed E-state index contributed by atoms with van der Waals surface area (Å²) >= 11 is 0. The van der Waals surface area contributed by atoms with Gasteiger partial charge in [0.05, 0.1) is 6.33 Å². The van der Waals surface area contributed by atoms with Gasteiger partial charge in [-0.1, -0.05) is 6.58 Å². The zero-order chi connectivity index (χ0) is 9.14. The first kappa shape index (κ1) is 8.71. The van der Waals surface area contributed by atoms with Crippen LogP contribution in [0.4, 0.5) is 5.82 Å². The molecule has 1 rings (SSSR count). The SMILES string of the molecule is C=C(C)c1ncn(C)c1N=CC. The molecule has 0 aliphatic heterocycles. The Morgan fingerprint density at radius 1 is 1.75 bits per heavy atom. The van der Waals surface area contributed by atoms with Gasteiger partial charge in [0, 0.05) is 13.3 Å². The molecule has 0 unspecified atom stereocenters. The van der Waals surface area contributed by atoms with E-state index < -0.39 is 0 Å². The number of imidazole rings is 1. The topological polar surface area (TPSA) is 30.2 Å². The van der Waals surface area contributed by atoms with Crippen LogP contribution < -0.4 is 0 Å². The number of hydrogen-bond donors (Lipinski definition) is 0. The molecule has 0 saturated carbocycles. The van der Waals surface area contributed by atoms with Crippen LogP contribution in [0.2, 0.25) is 0 Å². The van der Waals surface area contributed by atoms with Crippen molar-refractivity contribution in [1.29, 1.82) is 0 Å². The van der Waals surface area contributed by atoms with Crippen LogP contribution in [0.25, 0.3) is 5.57 Å². The molecule has 0 aliphatic carbocycles. The first-order valence-electron chi connectivity index (χ1n) is 3.82. The normalized spacial score (nSPS) is 10.9. The Morgan fingerprint density at radius 3 is 2.92 bits per heavy atom. The predicted octanol–water partition coefficient (Wildman–Crippen LogP) is 2.18. The Labute approximate surface area is 72.5 Å². The van der Waals surface area contributed by atoms with Crippen LogP contribution in [0.3, 0.4) is 0 Å². The van der Waals surface area contributed by atoms with Crippen molar-refractivity contribution in [3.05, 3.63) is 18.6 Å². The average molecular weight is 163 g/mol. The van der Waals surface area contributed by atoms with Crippen molar-refractivity contribution < 1.29 is 0 Å². The number of rotatable bonds is 2. The smallest absolute Gasteiger partial charge is 0.159 e. The van der Waals surface area contributed by atoms with Gasteiger partial charge in [-0.3, -0.25) is 0 Å². The average Bonchev–Trinajstić information content (AvgIpc) is 2.34. The van der Waals surface area contributed by atoms with E-state index in [4.69, 9.17) is 0 Å². The minimum absolute atomic E-state index is 0.866. The monoisotopic (exact) mass is 163 g/mol. The molecule has 3 heteroatoms. The summed E-state index contributed by atoms with van der Waals surface area (Å²) in [5, 5.41) is 0. The number of aliphatic imine (C=N–C) groups is 1. The summed E-state index contributed by atoms with van der Waals surface area (Å²) in [7, 11) is 1.92. The zero-order valence-corrected chi connectivity index (χ0v) is 7.70. The number of aryl methyl sites for hydroxylation is 1. The fraction of sp³-hybridized carbons (Fsp3) is 0.333. The van der Waals surface area contributed by atoms with E-state index in [1.54, 1.807) is 12.5 Å². The highest BCUT2D eigenvalue weighted by Gasteiger charge is 2.06. The molecule has 0 fully saturated rings. The van der Waals surface area contributed by atoms with E-state index in [-0.39, 0.29) is 0 Å². The lowest BCUT2D eigenvalue weighted by molar-refractivity contribution is 0.912. The molecule has 0 N–H and O–H groups in total. The Balaban J connectivity index is 3.21. The quantitative estimate of drug-likeness (QED) is 0.614. The summed E-state index contributed by atoms with van der Waals surface area (Å²) in [6, 6.07) is 0. The van der Waals surface area contributed by atoms with Crippen molar-refractivity contribution in [2.45, 2.75) is 13.8 Å². The Kier molecular flexibility index (Phi) is 2.43. The third-order valence-corrected chi connectivity index (χ3v) is 1.56. The Hall–Kier alpha value is -1.38. The molecule has 0 radical (unpaired) electrons. The van der Waals surface area contributed by atoms with E-state index in [2.05, 4.69) is 16.6 Å². The van der Waals surface area contributed by atoms with Gasteiger partial charge in [0.2, 0.25) is 0 Å². The minimum atomic E-state index is 0.866. The standard InChI is InChI=1S/C9H13N3/c1-5-10-9-8(7(2)3)11-6-12(9)4/h5-6H,2H2,1,3-4H3. The van der Waals surface area contributed by atoms with Gasteiger partial charge >= 0.3 is 0 Å². The molecule has 0 atom stereocenters. The summed E-state index contributed by atoms with van der Waals surface area (Å²) in [6.07, 6.45) is 3.50. The maximum absolute atomic E-state index is 4.20. The first-order valence-corrected chi connectivity index (χ1v) is 3.82. The maximum atomic E-state index is 4.20. The van der Waals surface area contributed by atoms with Crippen molar-refractivity contribution in [2.75, 3.05) is 0 Å². The number of nitrogens with zero attached hydrogens (tertiary/aromatic N) is 3. The maximum Gasteiger partial charge on any atom is 0.159 e. The van der Waals surface area contributed by atoms with E-state index in [0.717, 1.165) is 17.1 Å². The third kappa shape index (κ3) is 1.44. The van der Waals surface area contributed by atoms with Crippen molar-refractivity contribution in [2.24, 2.45) is 12.0 Å². The molecule has 0 saturated heterocycles. The number of allylic oxidation sites excluding steroid dienone is 1. The summed E-state index contributed by atoms with van der Waals surface area (Å²) in [4.78, 5) is 8.39. The number of aromatic nitrogens is 2. The second-order valence-corrected chi connectivity index (χ2v) is 2.70. The lowest BCUT2D eigenvalue weighted by Gasteiger charge is -1.97. The molecule has 0 amide bonds. The van der Waals surface area contributed by atoms with Crippen LogP contribution in [0.5, 0.6) is 0 Å². The fourth-order valence-electron chi connectivity index (χ4n) is 0.999. The predicted molar refractivity (Wildman–Crippen MR) is 51.7 cm³/mol. The summed E-state index contributed by atoms with van der Waals surface area (Å²) in [5.74, 6) is 0.866. The number of hydrogen-bond acceptors (Lipinski definition) is 2. The Bertz CT molecular complexity index is 321. The summed E-state index contributed by atoms with van der Waals surface area (Å²) in [5.41, 5.74) is 1.81. The van der Waals surface area contributed by atoms with Crippen molar-refractivity contribution >= 4 is 17.6 Å². The second-order valence-electron chi connectivity index (χ2n) is 2.70. The van der Waals surface area contributed by atoms with E-state index >= 15 is 0 Å². The lowest BCUT2D eigenvalue weighted by atomic mass is 10.2. The van der Waals surface area contributed by atoms with E-state index in [1.165, 1.54) is 0 Å². The second kappa shape index (κ2) is 3.34. The van der Waals surface area contributed by atoms with Crippen LogP contribution in [0.1, 0.15) is 19.5 Å². The summed E-state index contributed by atoms with van der Waals surface area (Å²) in [6.45, 7) is 7.64. The molecular weight excluding hydrogens is 150 g/mol. The van der Waals surface area contributed by atoms with Crippen LogP contribution in [0.15, 0.2) is 17.9 Å². The van der Waals surface area contributed by atoms with Gasteiger partial charge in [0.1, 0.15) is 5.69 Å². The van der Waals surface area contributed by atoms with Gasteiger partial charge in [-0.25, -0.2) is 9.98 Å². The zero-order valence-electron chi connectivity index (χ0n) is 7.70. The van der Waals surface area contributed by atoms with E-state index in [1.807, 2.05) is 25.5 Å². The van der Waals surface area contributed by atoms with Crippen molar-refractivity contribution in [1.82, 2.24) is 9.55 Å². The highest BCUT2D eigenvalue weighted by atomic mass is 15.1. The third-order valence-electron chi connectivity index (χ3n) is 1.56. The van der Waals surface area contributed by atoms with E-state index in [0.29, 0.717) is 0 Å². The summed E-state index contributed by atoms with van der Waals surface area (Å²) < 4.78 is 1.88. The van der Waals surface area contributed by atoms with E-state index in [9.17, 15) is 0 Å². The molecule has 1 heterocycles. The van der Waals surface area contributed by atoms with Crippen molar-refractivity contribution in [3.8, 4) is 0 Å². The van der Waals surface area contributed by atoms with Crippen LogP contribution >= 0.6 is 0 Å². The van der Waals surface area contributed by atoms with Crippen LogP contribution in [0, 0.1) is 0 Å². The fourth-order valence-corrected chi connectivity index (χ4v) is 0.999. The molecule has 1 aromatic rings. The highest BCUT2D eigenvalue weighted by molar-refractivity contribution is 5.70. The highest BCUT2D eigenvalue weighted by Crippen LogP contribution is 2.22. The van der Waals surface area contributed by atoms with Gasteiger partial charge in [0.25, 0.3) is 0 Å². The molecule has 0 aliphatic rings.